The Morgan fingerprint density at radius 3 is 3.42 bits per heavy atom. The number of carbonyl (C=O) groups excluding carboxylic acids is 1. The van der Waals surface area contributed by atoms with Crippen molar-refractivity contribution in [2.45, 2.75) is 12.5 Å². The molecule has 0 unspecified atom stereocenters. The highest BCUT2D eigenvalue weighted by molar-refractivity contribution is 5.84. The van der Waals surface area contributed by atoms with Gasteiger partial charge in [0, 0.05) is 6.07 Å². The first-order chi connectivity index (χ1) is 5.81. The molecule has 0 radical (unpaired) electrons. The molecule has 0 aliphatic carbocycles. The van der Waals surface area contributed by atoms with Gasteiger partial charge >= 0.3 is 0 Å². The molecule has 5 heteroatoms. The van der Waals surface area contributed by atoms with Gasteiger partial charge in [0.05, 0.1) is 25.3 Å². The molecular formula is C7H9N3O2. The van der Waals surface area contributed by atoms with E-state index in [1.807, 2.05) is 0 Å². The van der Waals surface area contributed by atoms with Gasteiger partial charge in [-0.25, -0.2) is 0 Å². The van der Waals surface area contributed by atoms with Crippen molar-refractivity contribution in [1.82, 2.24) is 9.78 Å². The summed E-state index contributed by atoms with van der Waals surface area (Å²) in [5, 5.41) is 15.6. The minimum absolute atomic E-state index is 0.0308. The number of nitrogens with one attached hydrogen (secondary N) is 1. The summed E-state index contributed by atoms with van der Waals surface area (Å²) in [4.78, 5) is 11.3. The highest BCUT2D eigenvalue weighted by atomic mass is 16.3. The molecule has 2 N–H and O–H groups in total. The van der Waals surface area contributed by atoms with E-state index < -0.39 is 0 Å². The molecule has 0 saturated heterocycles. The van der Waals surface area contributed by atoms with Crippen LogP contribution in [0, 0.1) is 0 Å². The lowest BCUT2D eigenvalue weighted by Gasteiger charge is -2.22. The van der Waals surface area contributed by atoms with Crippen molar-refractivity contribution in [3.8, 4) is 0 Å². The van der Waals surface area contributed by atoms with Crippen LogP contribution in [0.15, 0.2) is 12.3 Å². The van der Waals surface area contributed by atoms with Crippen molar-refractivity contribution in [2.24, 2.45) is 0 Å². The molecule has 1 aromatic rings. The zero-order valence-electron chi connectivity index (χ0n) is 6.40. The Kier molecular flexibility index (Phi) is 1.58. The number of aromatic nitrogens is 2. The zero-order valence-corrected chi connectivity index (χ0v) is 6.40. The Labute approximate surface area is 69.0 Å². The van der Waals surface area contributed by atoms with E-state index in [-0.39, 0.29) is 18.6 Å². The van der Waals surface area contributed by atoms with Crippen LogP contribution in [-0.2, 0) is 0 Å². The van der Waals surface area contributed by atoms with Gasteiger partial charge in [-0.2, -0.15) is 9.78 Å². The lowest BCUT2D eigenvalue weighted by Crippen LogP contribution is -2.36. The summed E-state index contributed by atoms with van der Waals surface area (Å²) in [5.41, 5.74) is 0. The number of hydrogen-bond acceptors (Lipinski definition) is 4. The zero-order chi connectivity index (χ0) is 8.55. The number of aliphatic hydroxyl groups excluding tert-OH is 1. The number of carbonyl (C=O) groups is 1. The Hall–Kier alpha value is -1.36. The largest absolute Gasteiger partial charge is 0.394 e. The van der Waals surface area contributed by atoms with Gasteiger partial charge in [0.25, 0.3) is 5.91 Å². The van der Waals surface area contributed by atoms with Crippen molar-refractivity contribution >= 4 is 11.7 Å². The SMILES string of the molecule is O=C1C[C@@H](CO)Nc2ccnn21. The molecule has 1 aromatic heterocycles. The first-order valence-electron chi connectivity index (χ1n) is 3.76. The molecule has 2 heterocycles. The maximum Gasteiger partial charge on any atom is 0.250 e. The first kappa shape index (κ1) is 7.30. The van der Waals surface area contributed by atoms with E-state index in [1.165, 1.54) is 4.68 Å². The molecule has 0 saturated carbocycles. The molecule has 64 valence electrons. The summed E-state index contributed by atoms with van der Waals surface area (Å²) >= 11 is 0. The predicted molar refractivity (Wildman–Crippen MR) is 42.0 cm³/mol. The van der Waals surface area contributed by atoms with E-state index in [0.717, 1.165) is 0 Å². The normalized spacial score (nSPS) is 21.8. The van der Waals surface area contributed by atoms with Crippen molar-refractivity contribution < 1.29 is 9.90 Å². The lowest BCUT2D eigenvalue weighted by atomic mass is 10.2. The third-order valence-corrected chi connectivity index (χ3v) is 1.87. The maximum absolute atomic E-state index is 11.3. The van der Waals surface area contributed by atoms with E-state index in [4.69, 9.17) is 5.11 Å². The standard InChI is InChI=1S/C7H9N3O2/c11-4-5-3-7(12)10-6(9-5)1-2-8-10/h1-2,5,9,11H,3-4H2/t5-/m0/s1. The molecule has 0 amide bonds. The molecular weight excluding hydrogens is 158 g/mol. The molecule has 0 fully saturated rings. The average molecular weight is 167 g/mol. The van der Waals surface area contributed by atoms with Crippen LogP contribution >= 0.6 is 0 Å². The van der Waals surface area contributed by atoms with Gasteiger partial charge in [-0.15, -0.1) is 0 Å². The van der Waals surface area contributed by atoms with Crippen molar-refractivity contribution in [3.63, 3.8) is 0 Å². The molecule has 1 aliphatic heterocycles. The molecule has 5 nitrogen and oxygen atoms in total. The maximum atomic E-state index is 11.3. The first-order valence-corrected chi connectivity index (χ1v) is 3.76. The Morgan fingerprint density at radius 2 is 2.67 bits per heavy atom. The average Bonchev–Trinajstić information content (AvgIpc) is 2.52. The fraction of sp³-hybridized carbons (Fsp3) is 0.429. The van der Waals surface area contributed by atoms with Crippen LogP contribution in [0.25, 0.3) is 0 Å². The van der Waals surface area contributed by atoms with Crippen LogP contribution < -0.4 is 5.32 Å². The van der Waals surface area contributed by atoms with Gasteiger partial charge in [-0.3, -0.25) is 4.79 Å². The topological polar surface area (TPSA) is 67.2 Å². The molecule has 2 rings (SSSR count). The van der Waals surface area contributed by atoms with Crippen molar-refractivity contribution in [1.29, 1.82) is 0 Å². The van der Waals surface area contributed by atoms with Crippen molar-refractivity contribution in [3.05, 3.63) is 12.3 Å². The Bertz CT molecular complexity index is 307. The van der Waals surface area contributed by atoms with Gasteiger partial charge in [0.2, 0.25) is 0 Å². The monoisotopic (exact) mass is 167 g/mol. The number of nitrogens with zero attached hydrogens (tertiary/aromatic N) is 2. The van der Waals surface area contributed by atoms with Crippen LogP contribution in [0.5, 0.6) is 0 Å². The minimum atomic E-state index is -0.165. The van der Waals surface area contributed by atoms with Crippen LogP contribution in [0.3, 0.4) is 0 Å². The fourth-order valence-electron chi connectivity index (χ4n) is 1.28. The summed E-state index contributed by atoms with van der Waals surface area (Å²) in [7, 11) is 0. The number of anilines is 1. The van der Waals surface area contributed by atoms with E-state index >= 15 is 0 Å². The summed E-state index contributed by atoms with van der Waals surface area (Å²) < 4.78 is 1.31. The Morgan fingerprint density at radius 1 is 1.83 bits per heavy atom. The Balaban J connectivity index is 2.32. The molecule has 0 aromatic carbocycles. The smallest absolute Gasteiger partial charge is 0.250 e. The van der Waals surface area contributed by atoms with E-state index in [2.05, 4.69) is 10.4 Å². The lowest BCUT2D eigenvalue weighted by molar-refractivity contribution is 0.0858. The number of fused-ring (bicyclic) bond motifs is 1. The number of rotatable bonds is 1. The van der Waals surface area contributed by atoms with Crippen LogP contribution in [-0.4, -0.2) is 33.4 Å². The fourth-order valence-corrected chi connectivity index (χ4v) is 1.28. The quantitative estimate of drug-likeness (QED) is 0.602. The third-order valence-electron chi connectivity index (χ3n) is 1.87. The van der Waals surface area contributed by atoms with Gasteiger partial charge in [-0.05, 0) is 0 Å². The van der Waals surface area contributed by atoms with Gasteiger partial charge in [-0.1, -0.05) is 0 Å². The minimum Gasteiger partial charge on any atom is -0.394 e. The number of hydrogen-bond donors (Lipinski definition) is 2. The second-order valence-corrected chi connectivity index (χ2v) is 2.75. The summed E-state index contributed by atoms with van der Waals surface area (Å²) in [6, 6.07) is 1.54. The van der Waals surface area contributed by atoms with Crippen LogP contribution in [0.2, 0.25) is 0 Å². The second kappa shape index (κ2) is 2.60. The van der Waals surface area contributed by atoms with Crippen LogP contribution in [0.1, 0.15) is 11.2 Å². The van der Waals surface area contributed by atoms with E-state index in [9.17, 15) is 4.79 Å². The van der Waals surface area contributed by atoms with E-state index in [1.54, 1.807) is 12.3 Å². The van der Waals surface area contributed by atoms with E-state index in [0.29, 0.717) is 12.2 Å². The van der Waals surface area contributed by atoms with Crippen molar-refractivity contribution in [2.75, 3.05) is 11.9 Å². The van der Waals surface area contributed by atoms with Gasteiger partial charge in [0.1, 0.15) is 5.82 Å². The predicted octanol–water partition coefficient (Wildman–Crippen LogP) is -0.300. The molecule has 0 spiro atoms. The van der Waals surface area contributed by atoms with Gasteiger partial charge < -0.3 is 10.4 Å². The molecule has 1 atom stereocenters. The third kappa shape index (κ3) is 0.984. The van der Waals surface area contributed by atoms with Gasteiger partial charge in [0.15, 0.2) is 0 Å². The summed E-state index contributed by atoms with van der Waals surface area (Å²) in [6.45, 7) is -0.0308. The number of aliphatic hydroxyl groups is 1. The highest BCUT2D eigenvalue weighted by Crippen LogP contribution is 2.15. The summed E-state index contributed by atoms with van der Waals surface area (Å²) in [6.07, 6.45) is 1.85. The highest BCUT2D eigenvalue weighted by Gasteiger charge is 2.23. The second-order valence-electron chi connectivity index (χ2n) is 2.75. The summed E-state index contributed by atoms with van der Waals surface area (Å²) in [5.74, 6) is 0.582. The molecule has 0 bridgehead atoms. The molecule has 1 aliphatic rings. The van der Waals surface area contributed by atoms with Crippen LogP contribution in [0.4, 0.5) is 5.82 Å². The molecule has 12 heavy (non-hydrogen) atoms.